The Morgan fingerprint density at radius 1 is 1.57 bits per heavy atom. The highest BCUT2D eigenvalue weighted by Crippen LogP contribution is 2.15. The summed E-state index contributed by atoms with van der Waals surface area (Å²) in [5.41, 5.74) is 6.52. The van der Waals surface area contributed by atoms with Crippen molar-refractivity contribution in [2.45, 2.75) is 0 Å². The lowest BCUT2D eigenvalue weighted by Gasteiger charge is -2.01. The predicted octanol–water partition coefficient (Wildman–Crippen LogP) is 1.71. The van der Waals surface area contributed by atoms with Crippen LogP contribution in [-0.2, 0) is 0 Å². The van der Waals surface area contributed by atoms with Gasteiger partial charge < -0.3 is 10.8 Å². The van der Waals surface area contributed by atoms with Gasteiger partial charge in [0.2, 0.25) is 0 Å². The summed E-state index contributed by atoms with van der Waals surface area (Å²) >= 11 is 3.13. The van der Waals surface area contributed by atoms with E-state index in [-0.39, 0.29) is 5.56 Å². The maximum Gasteiger partial charge on any atom is 0.337 e. The molecule has 14 heavy (non-hydrogen) atoms. The van der Waals surface area contributed by atoms with E-state index in [0.717, 1.165) is 0 Å². The monoisotopic (exact) mass is 253 g/mol. The molecule has 0 bridgehead atoms. The van der Waals surface area contributed by atoms with Crippen molar-refractivity contribution in [1.82, 2.24) is 0 Å². The second-order valence-electron chi connectivity index (χ2n) is 2.51. The first kappa shape index (κ1) is 10.6. The van der Waals surface area contributed by atoms with Crippen molar-refractivity contribution in [2.75, 3.05) is 11.1 Å². The van der Waals surface area contributed by atoms with Gasteiger partial charge in [0.25, 0.3) is 0 Å². The molecule has 0 saturated carbocycles. The standard InChI is InChI=1S/C10H8BrNO2/c11-6-2-4-7-8(10(13)14)3-1-5-9(7)12/h1,3,5H,6,12H2,(H,13,14). The molecule has 72 valence electrons. The van der Waals surface area contributed by atoms with Crippen molar-refractivity contribution < 1.29 is 9.90 Å². The van der Waals surface area contributed by atoms with Gasteiger partial charge in [-0.2, -0.15) is 0 Å². The van der Waals surface area contributed by atoms with Gasteiger partial charge >= 0.3 is 5.97 Å². The van der Waals surface area contributed by atoms with E-state index in [2.05, 4.69) is 27.8 Å². The summed E-state index contributed by atoms with van der Waals surface area (Å²) in [5.74, 6) is 4.42. The van der Waals surface area contributed by atoms with Crippen LogP contribution < -0.4 is 5.73 Å². The first-order valence-corrected chi connectivity index (χ1v) is 4.95. The SMILES string of the molecule is Nc1cccc(C(=O)O)c1C#CCBr. The smallest absolute Gasteiger partial charge is 0.337 e. The zero-order valence-corrected chi connectivity index (χ0v) is 8.84. The molecular formula is C10H8BrNO2. The second kappa shape index (κ2) is 4.68. The first-order chi connectivity index (χ1) is 6.66. The van der Waals surface area contributed by atoms with Crippen molar-refractivity contribution in [1.29, 1.82) is 0 Å². The number of halogens is 1. The van der Waals surface area contributed by atoms with Crippen LogP contribution in [0, 0.1) is 11.8 Å². The molecule has 0 aliphatic rings. The highest BCUT2D eigenvalue weighted by Gasteiger charge is 2.09. The molecule has 0 aromatic heterocycles. The van der Waals surface area contributed by atoms with Crippen LogP contribution in [0.15, 0.2) is 18.2 Å². The Kier molecular flexibility index (Phi) is 3.55. The number of hydrogen-bond acceptors (Lipinski definition) is 2. The Morgan fingerprint density at radius 3 is 2.86 bits per heavy atom. The van der Waals surface area contributed by atoms with Gasteiger partial charge in [-0.05, 0) is 12.1 Å². The Labute approximate surface area is 90.1 Å². The van der Waals surface area contributed by atoms with Crippen LogP contribution in [0.2, 0.25) is 0 Å². The molecule has 3 nitrogen and oxygen atoms in total. The van der Waals surface area contributed by atoms with Gasteiger partial charge in [0.15, 0.2) is 0 Å². The molecule has 4 heteroatoms. The Hall–Kier alpha value is -1.47. The van der Waals surface area contributed by atoms with E-state index in [9.17, 15) is 4.79 Å². The molecule has 0 heterocycles. The van der Waals surface area contributed by atoms with E-state index < -0.39 is 5.97 Å². The third-order valence-corrected chi connectivity index (χ3v) is 1.89. The van der Waals surface area contributed by atoms with Crippen molar-refractivity contribution in [3.8, 4) is 11.8 Å². The molecule has 1 rings (SSSR count). The van der Waals surface area contributed by atoms with E-state index >= 15 is 0 Å². The molecule has 0 amide bonds. The fourth-order valence-electron chi connectivity index (χ4n) is 1.01. The summed E-state index contributed by atoms with van der Waals surface area (Å²) in [4.78, 5) is 10.8. The fraction of sp³-hybridized carbons (Fsp3) is 0.100. The molecule has 0 spiro atoms. The maximum absolute atomic E-state index is 10.8. The summed E-state index contributed by atoms with van der Waals surface area (Å²) in [6, 6.07) is 4.71. The number of alkyl halides is 1. The summed E-state index contributed by atoms with van der Waals surface area (Å²) in [7, 11) is 0. The van der Waals surface area contributed by atoms with Gasteiger partial charge in [-0.1, -0.05) is 33.8 Å². The average Bonchev–Trinajstić information content (AvgIpc) is 2.15. The van der Waals surface area contributed by atoms with Crippen LogP contribution in [0.4, 0.5) is 5.69 Å². The van der Waals surface area contributed by atoms with Gasteiger partial charge in [0, 0.05) is 5.69 Å². The number of carbonyl (C=O) groups is 1. The Bertz CT molecular complexity index is 418. The number of carboxylic acid groups (broad SMARTS) is 1. The molecule has 0 unspecified atom stereocenters. The zero-order valence-electron chi connectivity index (χ0n) is 7.25. The molecule has 0 atom stereocenters. The minimum absolute atomic E-state index is 0.137. The number of aromatic carboxylic acids is 1. The van der Waals surface area contributed by atoms with Crippen LogP contribution in [-0.4, -0.2) is 16.4 Å². The second-order valence-corrected chi connectivity index (χ2v) is 3.07. The van der Waals surface area contributed by atoms with Crippen LogP contribution in [0.3, 0.4) is 0 Å². The van der Waals surface area contributed by atoms with Gasteiger partial charge in [-0.3, -0.25) is 0 Å². The van der Waals surface area contributed by atoms with E-state index in [4.69, 9.17) is 10.8 Å². The number of carboxylic acids is 1. The van der Waals surface area contributed by atoms with Gasteiger partial charge in [-0.25, -0.2) is 4.79 Å². The largest absolute Gasteiger partial charge is 0.478 e. The molecule has 0 fully saturated rings. The van der Waals surface area contributed by atoms with Crippen molar-refractivity contribution in [2.24, 2.45) is 0 Å². The number of rotatable bonds is 1. The fourth-order valence-corrected chi connectivity index (χ4v) is 1.15. The van der Waals surface area contributed by atoms with Gasteiger partial charge in [0.05, 0.1) is 16.5 Å². The number of anilines is 1. The lowest BCUT2D eigenvalue weighted by Crippen LogP contribution is -2.03. The van der Waals surface area contributed by atoms with Crippen molar-refractivity contribution in [3.63, 3.8) is 0 Å². The first-order valence-electron chi connectivity index (χ1n) is 3.83. The molecule has 1 aromatic rings. The quantitative estimate of drug-likeness (QED) is 0.455. The number of nitrogens with two attached hydrogens (primary N) is 1. The van der Waals surface area contributed by atoms with Crippen LogP contribution >= 0.6 is 15.9 Å². The average molecular weight is 254 g/mol. The molecule has 0 aliphatic carbocycles. The lowest BCUT2D eigenvalue weighted by atomic mass is 10.1. The van der Waals surface area contributed by atoms with Crippen LogP contribution in [0.1, 0.15) is 15.9 Å². The predicted molar refractivity (Wildman–Crippen MR) is 58.5 cm³/mol. The Balaban J connectivity index is 3.29. The van der Waals surface area contributed by atoms with Crippen LogP contribution in [0.25, 0.3) is 0 Å². The Morgan fingerprint density at radius 2 is 2.29 bits per heavy atom. The highest BCUT2D eigenvalue weighted by molar-refractivity contribution is 9.09. The molecule has 0 aliphatic heterocycles. The number of nitrogen functional groups attached to an aromatic ring is 1. The van der Waals surface area contributed by atoms with E-state index in [1.165, 1.54) is 6.07 Å². The maximum atomic E-state index is 10.8. The van der Waals surface area contributed by atoms with Gasteiger partial charge in [0.1, 0.15) is 0 Å². The summed E-state index contributed by atoms with van der Waals surface area (Å²) in [5, 5.41) is 9.34. The molecule has 1 aromatic carbocycles. The van der Waals surface area contributed by atoms with Crippen molar-refractivity contribution >= 4 is 27.6 Å². The molecule has 0 radical (unpaired) electrons. The number of benzene rings is 1. The zero-order chi connectivity index (χ0) is 10.6. The topological polar surface area (TPSA) is 63.3 Å². The van der Waals surface area contributed by atoms with Crippen molar-refractivity contribution in [3.05, 3.63) is 29.3 Å². The normalized spacial score (nSPS) is 8.93. The summed E-state index contributed by atoms with van der Waals surface area (Å²) in [6.45, 7) is 0. The summed E-state index contributed by atoms with van der Waals surface area (Å²) < 4.78 is 0. The summed E-state index contributed by atoms with van der Waals surface area (Å²) in [6.07, 6.45) is 0. The minimum Gasteiger partial charge on any atom is -0.478 e. The van der Waals surface area contributed by atoms with Crippen LogP contribution in [0.5, 0.6) is 0 Å². The molecular weight excluding hydrogens is 246 g/mol. The third-order valence-electron chi connectivity index (χ3n) is 1.61. The third kappa shape index (κ3) is 2.27. The van der Waals surface area contributed by atoms with Gasteiger partial charge in [-0.15, -0.1) is 0 Å². The molecule has 0 saturated heterocycles. The van der Waals surface area contributed by atoms with E-state index in [0.29, 0.717) is 16.6 Å². The highest BCUT2D eigenvalue weighted by atomic mass is 79.9. The molecule has 3 N–H and O–H groups in total. The van der Waals surface area contributed by atoms with E-state index in [1.54, 1.807) is 12.1 Å². The number of hydrogen-bond donors (Lipinski definition) is 2. The van der Waals surface area contributed by atoms with E-state index in [1.807, 2.05) is 0 Å². The lowest BCUT2D eigenvalue weighted by molar-refractivity contribution is 0.0696. The minimum atomic E-state index is -1.02.